The minimum atomic E-state index is 0. The molecule has 0 aliphatic rings. The summed E-state index contributed by atoms with van der Waals surface area (Å²) in [5, 5.41) is 15.2. The van der Waals surface area contributed by atoms with Gasteiger partial charge < -0.3 is 10.6 Å². The highest BCUT2D eigenvalue weighted by Crippen LogP contribution is 2.12. The summed E-state index contributed by atoms with van der Waals surface area (Å²) in [6.07, 6.45) is 1.80. The maximum atomic E-state index is 4.66. The van der Waals surface area contributed by atoms with Gasteiger partial charge in [0.15, 0.2) is 5.96 Å². The van der Waals surface area contributed by atoms with Crippen molar-refractivity contribution < 1.29 is 0 Å². The number of nitrogens with zero attached hydrogens (tertiary/aromatic N) is 5. The van der Waals surface area contributed by atoms with E-state index in [0.29, 0.717) is 13.1 Å². The van der Waals surface area contributed by atoms with Gasteiger partial charge in [0.2, 0.25) is 0 Å². The van der Waals surface area contributed by atoms with Crippen LogP contribution in [0.25, 0.3) is 0 Å². The molecule has 0 radical (unpaired) electrons. The van der Waals surface area contributed by atoms with Crippen molar-refractivity contribution in [3.63, 3.8) is 0 Å². The first-order chi connectivity index (χ1) is 10.5. The summed E-state index contributed by atoms with van der Waals surface area (Å²) in [5.74, 6) is 0.798. The summed E-state index contributed by atoms with van der Waals surface area (Å²) in [6, 6.07) is 1.99. The number of nitrogens with one attached hydrogen (secondary N) is 2. The third-order valence-electron chi connectivity index (χ3n) is 3.76. The summed E-state index contributed by atoms with van der Waals surface area (Å²) in [6.45, 7) is 8.28. The zero-order chi connectivity index (χ0) is 16.1. The predicted molar refractivity (Wildman–Crippen MR) is 103 cm³/mol. The van der Waals surface area contributed by atoms with E-state index in [0.717, 1.165) is 29.6 Å². The number of aromatic nitrogens is 4. The molecule has 2 N–H and O–H groups in total. The van der Waals surface area contributed by atoms with Crippen LogP contribution in [0.3, 0.4) is 0 Å². The number of aryl methyl sites for hydroxylation is 3. The van der Waals surface area contributed by atoms with E-state index in [9.17, 15) is 0 Å². The van der Waals surface area contributed by atoms with Gasteiger partial charge in [-0.1, -0.05) is 0 Å². The Morgan fingerprint density at radius 3 is 2.48 bits per heavy atom. The molecule has 0 saturated heterocycles. The van der Waals surface area contributed by atoms with E-state index in [1.165, 1.54) is 5.56 Å². The molecular formula is C15H26IN7. The zero-order valence-electron chi connectivity index (χ0n) is 14.4. The van der Waals surface area contributed by atoms with Crippen LogP contribution in [0.4, 0.5) is 0 Å². The van der Waals surface area contributed by atoms with Crippen molar-refractivity contribution >= 4 is 29.9 Å². The average molecular weight is 431 g/mol. The summed E-state index contributed by atoms with van der Waals surface area (Å²) < 4.78 is 3.75. The van der Waals surface area contributed by atoms with Crippen molar-refractivity contribution in [2.24, 2.45) is 19.1 Å². The lowest BCUT2D eigenvalue weighted by molar-refractivity contribution is 0.684. The van der Waals surface area contributed by atoms with E-state index in [-0.39, 0.29) is 24.0 Å². The van der Waals surface area contributed by atoms with Gasteiger partial charge in [0.1, 0.15) is 0 Å². The Morgan fingerprint density at radius 2 is 1.96 bits per heavy atom. The van der Waals surface area contributed by atoms with Gasteiger partial charge in [-0.2, -0.15) is 10.2 Å². The third kappa shape index (κ3) is 4.95. The van der Waals surface area contributed by atoms with Gasteiger partial charge in [-0.05, 0) is 26.8 Å². The van der Waals surface area contributed by atoms with Gasteiger partial charge in [-0.15, -0.1) is 24.0 Å². The van der Waals surface area contributed by atoms with E-state index < -0.39 is 0 Å². The fourth-order valence-electron chi connectivity index (χ4n) is 2.30. The standard InChI is InChI=1S/C15H25N7.HI/c1-6-16-15(17-9-13-7-8-19-22(13)5)18-10-14-11(2)20-21(4)12(14)3;/h7-8H,6,9-10H2,1-5H3,(H2,16,17,18);1H. The molecule has 0 amide bonds. The van der Waals surface area contributed by atoms with Gasteiger partial charge in [0, 0.05) is 38.1 Å². The first-order valence-corrected chi connectivity index (χ1v) is 7.51. The Balaban J connectivity index is 0.00000264. The molecule has 8 heteroatoms. The molecule has 23 heavy (non-hydrogen) atoms. The van der Waals surface area contributed by atoms with E-state index in [4.69, 9.17) is 0 Å². The third-order valence-corrected chi connectivity index (χ3v) is 3.76. The maximum absolute atomic E-state index is 4.66. The number of hydrogen-bond donors (Lipinski definition) is 2. The molecule has 2 aromatic heterocycles. The molecule has 0 fully saturated rings. The number of hydrogen-bond acceptors (Lipinski definition) is 3. The van der Waals surface area contributed by atoms with Crippen molar-refractivity contribution in [1.82, 2.24) is 30.2 Å². The van der Waals surface area contributed by atoms with Crippen molar-refractivity contribution in [3.05, 3.63) is 34.9 Å². The molecular weight excluding hydrogens is 405 g/mol. The summed E-state index contributed by atoms with van der Waals surface area (Å²) in [4.78, 5) is 4.66. The fourth-order valence-corrected chi connectivity index (χ4v) is 2.30. The molecule has 0 saturated carbocycles. The second-order valence-corrected chi connectivity index (χ2v) is 5.27. The summed E-state index contributed by atoms with van der Waals surface area (Å²) in [5.41, 5.74) is 4.48. The highest BCUT2D eigenvalue weighted by atomic mass is 127. The lowest BCUT2D eigenvalue weighted by atomic mass is 10.2. The fraction of sp³-hybridized carbons (Fsp3) is 0.533. The number of aliphatic imine (C=N–C) groups is 1. The van der Waals surface area contributed by atoms with Gasteiger partial charge in [0.25, 0.3) is 0 Å². The number of rotatable bonds is 5. The molecule has 2 rings (SSSR count). The first kappa shape index (κ1) is 19.5. The molecule has 0 spiro atoms. The highest BCUT2D eigenvalue weighted by Gasteiger charge is 2.09. The van der Waals surface area contributed by atoms with Crippen LogP contribution in [0.15, 0.2) is 17.3 Å². The maximum Gasteiger partial charge on any atom is 0.191 e. The smallest absolute Gasteiger partial charge is 0.191 e. The largest absolute Gasteiger partial charge is 0.357 e. The van der Waals surface area contributed by atoms with Crippen LogP contribution in [0.2, 0.25) is 0 Å². The van der Waals surface area contributed by atoms with Gasteiger partial charge in [0.05, 0.1) is 24.5 Å². The topological polar surface area (TPSA) is 72.1 Å². The van der Waals surface area contributed by atoms with Crippen LogP contribution < -0.4 is 10.6 Å². The second kappa shape index (κ2) is 8.90. The molecule has 0 aromatic carbocycles. The van der Waals surface area contributed by atoms with Crippen LogP contribution >= 0.6 is 24.0 Å². The number of guanidine groups is 1. The Bertz CT molecular complexity index is 657. The van der Waals surface area contributed by atoms with Crippen LogP contribution in [0, 0.1) is 13.8 Å². The van der Waals surface area contributed by atoms with E-state index in [1.807, 2.05) is 36.4 Å². The van der Waals surface area contributed by atoms with E-state index in [1.54, 1.807) is 6.20 Å². The highest BCUT2D eigenvalue weighted by molar-refractivity contribution is 14.0. The minimum Gasteiger partial charge on any atom is -0.357 e. The van der Waals surface area contributed by atoms with Crippen molar-refractivity contribution in [2.45, 2.75) is 33.9 Å². The first-order valence-electron chi connectivity index (χ1n) is 7.51. The molecule has 2 heterocycles. The van der Waals surface area contributed by atoms with Crippen LogP contribution in [0.5, 0.6) is 0 Å². The van der Waals surface area contributed by atoms with Crippen molar-refractivity contribution in [1.29, 1.82) is 0 Å². The predicted octanol–water partition coefficient (Wildman–Crippen LogP) is 1.64. The normalized spacial score (nSPS) is 11.3. The summed E-state index contributed by atoms with van der Waals surface area (Å²) >= 11 is 0. The van der Waals surface area contributed by atoms with Crippen molar-refractivity contribution in [2.75, 3.05) is 6.54 Å². The lowest BCUT2D eigenvalue weighted by Crippen LogP contribution is -2.37. The van der Waals surface area contributed by atoms with Crippen LogP contribution in [-0.2, 0) is 27.2 Å². The van der Waals surface area contributed by atoms with Gasteiger partial charge in [-0.3, -0.25) is 9.36 Å². The van der Waals surface area contributed by atoms with Crippen molar-refractivity contribution in [3.8, 4) is 0 Å². The van der Waals surface area contributed by atoms with Crippen LogP contribution in [0.1, 0.15) is 29.6 Å². The molecule has 0 aliphatic carbocycles. The van der Waals surface area contributed by atoms with E-state index >= 15 is 0 Å². The lowest BCUT2D eigenvalue weighted by Gasteiger charge is -2.11. The Morgan fingerprint density at radius 1 is 1.22 bits per heavy atom. The number of halogens is 1. The summed E-state index contributed by atoms with van der Waals surface area (Å²) in [7, 11) is 3.89. The molecule has 0 aliphatic heterocycles. The average Bonchev–Trinajstić information content (AvgIpc) is 2.99. The van der Waals surface area contributed by atoms with Gasteiger partial charge in [-0.25, -0.2) is 4.99 Å². The Labute approximate surface area is 154 Å². The molecule has 0 atom stereocenters. The molecule has 128 valence electrons. The molecule has 7 nitrogen and oxygen atoms in total. The Kier molecular flexibility index (Phi) is 7.53. The second-order valence-electron chi connectivity index (χ2n) is 5.27. The Hall–Kier alpha value is -1.58. The zero-order valence-corrected chi connectivity index (χ0v) is 16.8. The molecule has 2 aromatic rings. The SMILES string of the molecule is CCNC(=NCc1c(C)nn(C)c1C)NCc1ccnn1C.I. The van der Waals surface area contributed by atoms with E-state index in [2.05, 4.69) is 39.7 Å². The monoisotopic (exact) mass is 431 g/mol. The van der Waals surface area contributed by atoms with Crippen LogP contribution in [-0.4, -0.2) is 32.1 Å². The quantitative estimate of drug-likeness (QED) is 0.429. The molecule has 0 bridgehead atoms. The van der Waals surface area contributed by atoms with Gasteiger partial charge >= 0.3 is 0 Å². The minimum absolute atomic E-state index is 0. The molecule has 0 unspecified atom stereocenters.